The van der Waals surface area contributed by atoms with Gasteiger partial charge < -0.3 is 14.9 Å². The lowest BCUT2D eigenvalue weighted by Crippen LogP contribution is -2.34. The molecule has 2 aliphatic heterocycles. The molecule has 0 bridgehead atoms. The van der Waals surface area contributed by atoms with Crippen LogP contribution < -0.4 is 14.5 Å². The first kappa shape index (κ1) is 27.2. The van der Waals surface area contributed by atoms with Crippen LogP contribution in [-0.4, -0.2) is 54.6 Å². The topological polar surface area (TPSA) is 107 Å². The quantitative estimate of drug-likeness (QED) is 0.354. The average molecular weight is 582 g/mol. The second kappa shape index (κ2) is 10.7. The normalized spacial score (nSPS) is 19.6. The molecule has 0 saturated carbocycles. The number of aliphatic hydroxyl groups is 1. The molecule has 2 aromatic carbocycles. The molecular weight excluding hydrogens is 552 g/mol. The molecule has 1 amide bonds. The number of amides is 1. The number of hydrogen-bond acceptors (Lipinski definition) is 7. The summed E-state index contributed by atoms with van der Waals surface area (Å²) in [6.07, 6.45) is 5.55. The number of piperidine rings is 1. The van der Waals surface area contributed by atoms with Gasteiger partial charge >= 0.3 is 0 Å². The van der Waals surface area contributed by atoms with Gasteiger partial charge in [0.05, 0.1) is 28.9 Å². The van der Waals surface area contributed by atoms with Gasteiger partial charge in [-0.2, -0.15) is 0 Å². The van der Waals surface area contributed by atoms with Crippen molar-refractivity contribution in [1.82, 2.24) is 14.1 Å². The van der Waals surface area contributed by atoms with Crippen molar-refractivity contribution in [2.24, 2.45) is 0 Å². The number of pyridine rings is 1. The molecule has 2 fully saturated rings. The minimum Gasteiger partial charge on any atom is -0.391 e. The molecule has 41 heavy (non-hydrogen) atoms. The molecular formula is C29H29F2N5O4S. The molecule has 4 heterocycles. The Bertz CT molecular complexity index is 1710. The summed E-state index contributed by atoms with van der Waals surface area (Å²) in [5.41, 5.74) is 2.17. The van der Waals surface area contributed by atoms with Crippen LogP contribution in [0.3, 0.4) is 0 Å². The lowest BCUT2D eigenvalue weighted by Gasteiger charge is -2.38. The van der Waals surface area contributed by atoms with Crippen LogP contribution in [0.4, 0.5) is 20.2 Å². The molecule has 0 aliphatic carbocycles. The number of fused-ring (bicyclic) bond motifs is 1. The maximum atomic E-state index is 14.7. The number of aromatic nitrogens is 2. The third kappa shape index (κ3) is 5.36. The third-order valence-corrected chi connectivity index (χ3v) is 9.12. The van der Waals surface area contributed by atoms with Gasteiger partial charge in [-0.3, -0.25) is 9.20 Å². The number of carbonyl (C=O) groups excluding carboxylic acids is 1. The number of nitrogens with zero attached hydrogens (tertiary/aromatic N) is 4. The van der Waals surface area contributed by atoms with Crippen molar-refractivity contribution in [3.05, 3.63) is 89.9 Å². The van der Waals surface area contributed by atoms with Crippen molar-refractivity contribution < 1.29 is 27.1 Å². The number of halogens is 2. The molecule has 2 saturated heterocycles. The van der Waals surface area contributed by atoms with Crippen molar-refractivity contribution in [3.8, 4) is 0 Å². The van der Waals surface area contributed by atoms with Crippen LogP contribution in [0.5, 0.6) is 0 Å². The third-order valence-electron chi connectivity index (χ3n) is 7.78. The van der Waals surface area contributed by atoms with Gasteiger partial charge in [0, 0.05) is 37.1 Å². The van der Waals surface area contributed by atoms with E-state index in [0.717, 1.165) is 30.7 Å². The van der Waals surface area contributed by atoms with E-state index in [-0.39, 0.29) is 16.2 Å². The number of aliphatic hydroxyl groups excluding tert-OH is 1. The summed E-state index contributed by atoms with van der Waals surface area (Å²) in [5, 5.41) is 9.76. The Morgan fingerprint density at radius 3 is 2.51 bits per heavy atom. The number of imidazole rings is 1. The molecule has 12 heteroatoms. The van der Waals surface area contributed by atoms with E-state index in [9.17, 15) is 27.1 Å². The standard InChI is InChI=1S/C29H29F2N5O4S/c30-19-4-10-25(31)24(15-19)26-3-1-2-13-35(26)21-7-11-28-32-16-27(36(28)17-21)29(38)33-41(39,40)23-8-5-20(6-9-23)34-14-12-22(37)18-34/h4-11,15-17,22,26,37H,1-3,12-14,18H2,(H,33,38)/t22-,26?/m0/s1. The molecule has 2 aromatic heterocycles. The fourth-order valence-corrected chi connectivity index (χ4v) is 6.65. The maximum Gasteiger partial charge on any atom is 0.283 e. The number of β-amino-alcohol motifs (C(OH)–C–C–N with tert-alkyl or cyclic N) is 1. The maximum absolute atomic E-state index is 14.7. The number of nitrogens with one attached hydrogen (secondary N) is 1. The molecule has 214 valence electrons. The van der Waals surface area contributed by atoms with E-state index in [1.54, 1.807) is 30.5 Å². The van der Waals surface area contributed by atoms with Gasteiger partial charge in [-0.25, -0.2) is 26.9 Å². The molecule has 0 radical (unpaired) electrons. The first-order valence-electron chi connectivity index (χ1n) is 13.5. The van der Waals surface area contributed by atoms with Crippen molar-refractivity contribution in [1.29, 1.82) is 0 Å². The second-order valence-electron chi connectivity index (χ2n) is 10.4. The Hall–Kier alpha value is -4.03. The number of sulfonamides is 1. The molecule has 1 unspecified atom stereocenters. The molecule has 2 aliphatic rings. The number of hydrogen-bond donors (Lipinski definition) is 2. The summed E-state index contributed by atoms with van der Waals surface area (Å²) >= 11 is 0. The van der Waals surface area contributed by atoms with Crippen LogP contribution in [0, 0.1) is 11.6 Å². The van der Waals surface area contributed by atoms with Gasteiger partial charge in [-0.05, 0) is 80.3 Å². The zero-order valence-electron chi connectivity index (χ0n) is 22.1. The van der Waals surface area contributed by atoms with Crippen LogP contribution in [0.1, 0.15) is 47.8 Å². The van der Waals surface area contributed by atoms with E-state index >= 15 is 0 Å². The monoisotopic (exact) mass is 581 g/mol. The van der Waals surface area contributed by atoms with E-state index in [1.807, 2.05) is 9.80 Å². The van der Waals surface area contributed by atoms with Crippen LogP contribution >= 0.6 is 0 Å². The predicted octanol–water partition coefficient (Wildman–Crippen LogP) is 4.03. The highest BCUT2D eigenvalue weighted by Gasteiger charge is 2.28. The molecule has 0 spiro atoms. The van der Waals surface area contributed by atoms with Crippen molar-refractivity contribution in [2.45, 2.75) is 42.7 Å². The molecule has 9 nitrogen and oxygen atoms in total. The van der Waals surface area contributed by atoms with Crippen LogP contribution in [0.25, 0.3) is 5.65 Å². The first-order chi connectivity index (χ1) is 19.7. The van der Waals surface area contributed by atoms with Crippen molar-refractivity contribution >= 4 is 33.0 Å². The summed E-state index contributed by atoms with van der Waals surface area (Å²) in [6.45, 7) is 1.76. The number of benzene rings is 2. The Kier molecular flexibility index (Phi) is 7.12. The van der Waals surface area contributed by atoms with Gasteiger partial charge in [0.25, 0.3) is 15.9 Å². The summed E-state index contributed by atoms with van der Waals surface area (Å²) in [4.78, 5) is 21.3. The largest absolute Gasteiger partial charge is 0.391 e. The first-order valence-corrected chi connectivity index (χ1v) is 15.0. The van der Waals surface area contributed by atoms with Gasteiger partial charge in [-0.15, -0.1) is 0 Å². The minimum absolute atomic E-state index is 0.0126. The average Bonchev–Trinajstić information content (AvgIpc) is 3.60. The Balaban J connectivity index is 1.25. The smallest absolute Gasteiger partial charge is 0.283 e. The van der Waals surface area contributed by atoms with Crippen molar-refractivity contribution in [3.63, 3.8) is 0 Å². The molecule has 2 atom stereocenters. The van der Waals surface area contributed by atoms with Gasteiger partial charge in [0.1, 0.15) is 23.0 Å². The highest BCUT2D eigenvalue weighted by atomic mass is 32.2. The molecule has 4 aromatic rings. The fourth-order valence-electron chi connectivity index (χ4n) is 5.69. The van der Waals surface area contributed by atoms with Crippen molar-refractivity contribution in [2.75, 3.05) is 29.4 Å². The van der Waals surface area contributed by atoms with Gasteiger partial charge in [0.15, 0.2) is 0 Å². The van der Waals surface area contributed by atoms with Gasteiger partial charge in [0.2, 0.25) is 0 Å². The van der Waals surface area contributed by atoms with E-state index in [0.29, 0.717) is 43.8 Å². The summed E-state index contributed by atoms with van der Waals surface area (Å²) in [7, 11) is -4.19. The van der Waals surface area contributed by atoms with Crippen LogP contribution in [0.2, 0.25) is 0 Å². The Morgan fingerprint density at radius 2 is 1.76 bits per heavy atom. The number of carbonyl (C=O) groups is 1. The van der Waals surface area contributed by atoms with Crippen LogP contribution in [-0.2, 0) is 10.0 Å². The van der Waals surface area contributed by atoms with Crippen LogP contribution in [0.15, 0.2) is 71.9 Å². The molecule has 6 rings (SSSR count). The lowest BCUT2D eigenvalue weighted by atomic mass is 9.94. The number of anilines is 2. The summed E-state index contributed by atoms with van der Waals surface area (Å²) < 4.78 is 58.4. The zero-order valence-corrected chi connectivity index (χ0v) is 22.9. The fraction of sp³-hybridized carbons (Fsp3) is 0.310. The van der Waals surface area contributed by atoms with E-state index in [2.05, 4.69) is 9.71 Å². The van der Waals surface area contributed by atoms with E-state index < -0.39 is 39.7 Å². The summed E-state index contributed by atoms with van der Waals surface area (Å²) in [6, 6.07) is 12.7. The lowest BCUT2D eigenvalue weighted by molar-refractivity contribution is 0.0975. The Labute approximate surface area is 236 Å². The Morgan fingerprint density at radius 1 is 0.976 bits per heavy atom. The van der Waals surface area contributed by atoms with E-state index in [4.69, 9.17) is 0 Å². The molecule has 2 N–H and O–H groups in total. The van der Waals surface area contributed by atoms with E-state index in [1.165, 1.54) is 28.8 Å². The zero-order chi connectivity index (χ0) is 28.7. The van der Waals surface area contributed by atoms with Gasteiger partial charge in [-0.1, -0.05) is 0 Å². The SMILES string of the molecule is O=C(NS(=O)(=O)c1ccc(N2CC[C@H](O)C2)cc1)c1cnc2ccc(N3CCCCC3c3cc(F)ccc3F)cn12. The second-order valence-corrected chi connectivity index (χ2v) is 12.1. The summed E-state index contributed by atoms with van der Waals surface area (Å²) in [5.74, 6) is -1.85. The minimum atomic E-state index is -4.19. The highest BCUT2D eigenvalue weighted by molar-refractivity contribution is 7.90. The predicted molar refractivity (Wildman–Crippen MR) is 149 cm³/mol. The highest BCUT2D eigenvalue weighted by Crippen LogP contribution is 2.36. The number of rotatable bonds is 6.